The smallest absolute Gasteiger partial charge is 0.275 e. The molecular formula is C12H8Cl2N2O2S. The van der Waals surface area contributed by atoms with Crippen LogP contribution in [0.4, 0.5) is 0 Å². The van der Waals surface area contributed by atoms with Gasteiger partial charge in [0.25, 0.3) is 5.91 Å². The molecule has 1 heterocycles. The van der Waals surface area contributed by atoms with Crippen molar-refractivity contribution in [3.8, 4) is 5.75 Å². The fourth-order valence-corrected chi connectivity index (χ4v) is 2.41. The number of amides is 1. The third-order valence-corrected chi connectivity index (χ3v) is 3.56. The van der Waals surface area contributed by atoms with E-state index in [0.29, 0.717) is 9.36 Å². The van der Waals surface area contributed by atoms with Crippen LogP contribution in [0, 0.1) is 0 Å². The summed E-state index contributed by atoms with van der Waals surface area (Å²) in [5.41, 5.74) is 2.36. The molecule has 0 aliphatic carbocycles. The van der Waals surface area contributed by atoms with Gasteiger partial charge in [0.05, 0.1) is 16.1 Å². The van der Waals surface area contributed by atoms with Crippen LogP contribution < -0.4 is 5.43 Å². The topological polar surface area (TPSA) is 61.7 Å². The molecule has 0 radical (unpaired) electrons. The molecule has 0 aliphatic heterocycles. The quantitative estimate of drug-likeness (QED) is 0.672. The molecule has 0 saturated heterocycles. The van der Waals surface area contributed by atoms with Gasteiger partial charge in [-0.2, -0.15) is 5.10 Å². The maximum atomic E-state index is 11.7. The number of carbonyl (C=O) groups is 1. The largest absolute Gasteiger partial charge is 0.507 e. The van der Waals surface area contributed by atoms with E-state index in [0.717, 1.165) is 4.88 Å². The molecule has 2 N–H and O–H groups in total. The Bertz CT molecular complexity index is 640. The number of aromatic hydroxyl groups is 1. The Labute approximate surface area is 123 Å². The van der Waals surface area contributed by atoms with E-state index >= 15 is 0 Å². The van der Waals surface area contributed by atoms with Crippen LogP contribution in [0.15, 0.2) is 35.4 Å². The zero-order chi connectivity index (χ0) is 13.8. The van der Waals surface area contributed by atoms with Crippen molar-refractivity contribution in [3.05, 3.63) is 50.1 Å². The van der Waals surface area contributed by atoms with E-state index in [-0.39, 0.29) is 11.3 Å². The Morgan fingerprint density at radius 2 is 2.11 bits per heavy atom. The van der Waals surface area contributed by atoms with Crippen LogP contribution in [-0.4, -0.2) is 17.2 Å². The van der Waals surface area contributed by atoms with Gasteiger partial charge in [-0.25, -0.2) is 5.43 Å². The minimum atomic E-state index is -0.543. The number of rotatable bonds is 3. The van der Waals surface area contributed by atoms with Crippen molar-refractivity contribution in [1.82, 2.24) is 5.43 Å². The molecule has 2 aromatic rings. The monoisotopic (exact) mass is 314 g/mol. The van der Waals surface area contributed by atoms with E-state index in [9.17, 15) is 9.90 Å². The molecule has 0 atom stereocenters. The third-order valence-electron chi connectivity index (χ3n) is 2.16. The number of hydrogen-bond acceptors (Lipinski definition) is 4. The number of nitrogens with one attached hydrogen (secondary N) is 1. The molecule has 1 aromatic carbocycles. The van der Waals surface area contributed by atoms with Crippen molar-refractivity contribution < 1.29 is 9.90 Å². The van der Waals surface area contributed by atoms with Gasteiger partial charge in [-0.05, 0) is 30.3 Å². The van der Waals surface area contributed by atoms with Crippen LogP contribution in [0.3, 0.4) is 0 Å². The van der Waals surface area contributed by atoms with Crippen molar-refractivity contribution in [2.24, 2.45) is 5.10 Å². The zero-order valence-corrected chi connectivity index (χ0v) is 11.8. The van der Waals surface area contributed by atoms with Crippen LogP contribution >= 0.6 is 34.5 Å². The number of thiophene rings is 1. The van der Waals surface area contributed by atoms with Gasteiger partial charge in [-0.15, -0.1) is 11.3 Å². The molecule has 19 heavy (non-hydrogen) atoms. The van der Waals surface area contributed by atoms with Gasteiger partial charge < -0.3 is 5.11 Å². The van der Waals surface area contributed by atoms with Gasteiger partial charge in [0.15, 0.2) is 0 Å². The first-order valence-corrected chi connectivity index (χ1v) is 6.71. The molecule has 0 aliphatic rings. The normalized spacial score (nSPS) is 10.8. The molecule has 1 aromatic heterocycles. The fraction of sp³-hybridized carbons (Fsp3) is 0. The standard InChI is InChI=1S/C12H8Cl2N2O2S/c13-7-1-3-10(17)9(5-7)12(18)16-15-6-8-2-4-11(14)19-8/h1-6,17H,(H,16,18). The van der Waals surface area contributed by atoms with Crippen molar-refractivity contribution >= 4 is 46.7 Å². The van der Waals surface area contributed by atoms with Gasteiger partial charge in [-0.3, -0.25) is 4.79 Å². The second-order valence-corrected chi connectivity index (χ2v) is 5.69. The number of nitrogens with zero attached hydrogens (tertiary/aromatic N) is 1. The van der Waals surface area contributed by atoms with Gasteiger partial charge >= 0.3 is 0 Å². The molecule has 1 amide bonds. The van der Waals surface area contributed by atoms with Gasteiger partial charge in [0, 0.05) is 9.90 Å². The molecule has 4 nitrogen and oxygen atoms in total. The number of benzene rings is 1. The molecule has 2 rings (SSSR count). The highest BCUT2D eigenvalue weighted by molar-refractivity contribution is 7.17. The first kappa shape index (κ1) is 13.9. The van der Waals surface area contributed by atoms with E-state index in [1.807, 2.05) is 0 Å². The predicted octanol–water partition coefficient (Wildman–Crippen LogP) is 3.52. The summed E-state index contributed by atoms with van der Waals surface area (Å²) in [4.78, 5) is 12.6. The molecular weight excluding hydrogens is 307 g/mol. The Balaban J connectivity index is 2.05. The van der Waals surface area contributed by atoms with E-state index in [4.69, 9.17) is 23.2 Å². The van der Waals surface area contributed by atoms with Crippen LogP contribution in [0.2, 0.25) is 9.36 Å². The van der Waals surface area contributed by atoms with Crippen molar-refractivity contribution in [2.45, 2.75) is 0 Å². The number of carbonyl (C=O) groups excluding carboxylic acids is 1. The molecule has 0 spiro atoms. The number of phenolic OH excluding ortho intramolecular Hbond substituents is 1. The highest BCUT2D eigenvalue weighted by Crippen LogP contribution is 2.21. The molecule has 98 valence electrons. The van der Waals surface area contributed by atoms with Crippen LogP contribution in [0.25, 0.3) is 0 Å². The second-order valence-electron chi connectivity index (χ2n) is 3.50. The van der Waals surface area contributed by atoms with E-state index in [2.05, 4.69) is 10.5 Å². The lowest BCUT2D eigenvalue weighted by molar-refractivity contribution is 0.0952. The average molecular weight is 315 g/mol. The highest BCUT2D eigenvalue weighted by atomic mass is 35.5. The SMILES string of the molecule is O=C(NN=Cc1ccc(Cl)s1)c1cc(Cl)ccc1O. The van der Waals surface area contributed by atoms with E-state index in [1.165, 1.54) is 35.8 Å². The van der Waals surface area contributed by atoms with Crippen LogP contribution in [0.5, 0.6) is 5.75 Å². The molecule has 7 heteroatoms. The first-order valence-electron chi connectivity index (χ1n) is 5.13. The van der Waals surface area contributed by atoms with Crippen molar-refractivity contribution in [1.29, 1.82) is 0 Å². The summed E-state index contributed by atoms with van der Waals surface area (Å²) in [7, 11) is 0. The average Bonchev–Trinajstić information content (AvgIpc) is 2.78. The number of phenols is 1. The summed E-state index contributed by atoms with van der Waals surface area (Å²) in [5.74, 6) is -0.699. The van der Waals surface area contributed by atoms with Gasteiger partial charge in [0.1, 0.15) is 5.75 Å². The Kier molecular flexibility index (Phi) is 4.42. The van der Waals surface area contributed by atoms with Crippen molar-refractivity contribution in [3.63, 3.8) is 0 Å². The summed E-state index contributed by atoms with van der Waals surface area (Å²) in [5, 5.41) is 13.7. The fourth-order valence-electron chi connectivity index (χ4n) is 1.30. The predicted molar refractivity (Wildman–Crippen MR) is 77.5 cm³/mol. The lowest BCUT2D eigenvalue weighted by Gasteiger charge is -2.02. The van der Waals surface area contributed by atoms with Gasteiger partial charge in [0.2, 0.25) is 0 Å². The lowest BCUT2D eigenvalue weighted by atomic mass is 10.2. The zero-order valence-electron chi connectivity index (χ0n) is 9.43. The Hall–Kier alpha value is -1.56. The van der Waals surface area contributed by atoms with Crippen molar-refractivity contribution in [2.75, 3.05) is 0 Å². The summed E-state index contributed by atoms with van der Waals surface area (Å²) in [6.07, 6.45) is 1.47. The van der Waals surface area contributed by atoms with Crippen LogP contribution in [-0.2, 0) is 0 Å². The van der Waals surface area contributed by atoms with Gasteiger partial charge in [-0.1, -0.05) is 23.2 Å². The Morgan fingerprint density at radius 3 is 2.79 bits per heavy atom. The summed E-state index contributed by atoms with van der Waals surface area (Å²) < 4.78 is 0.639. The van der Waals surface area contributed by atoms with E-state index < -0.39 is 5.91 Å². The second kappa shape index (κ2) is 6.06. The third kappa shape index (κ3) is 3.70. The minimum absolute atomic E-state index is 0.0638. The minimum Gasteiger partial charge on any atom is -0.507 e. The van der Waals surface area contributed by atoms with Crippen LogP contribution in [0.1, 0.15) is 15.2 Å². The van der Waals surface area contributed by atoms with E-state index in [1.54, 1.807) is 12.1 Å². The molecule has 0 unspecified atom stereocenters. The molecule has 0 bridgehead atoms. The molecule has 0 fully saturated rings. The first-order chi connectivity index (χ1) is 9.06. The number of hydrazone groups is 1. The highest BCUT2D eigenvalue weighted by Gasteiger charge is 2.10. The molecule has 0 saturated carbocycles. The summed E-state index contributed by atoms with van der Waals surface area (Å²) in [6.45, 7) is 0. The summed E-state index contributed by atoms with van der Waals surface area (Å²) in [6, 6.07) is 7.71. The Morgan fingerprint density at radius 1 is 1.32 bits per heavy atom. The number of halogens is 2. The lowest BCUT2D eigenvalue weighted by Crippen LogP contribution is -2.17. The number of hydrogen-bond donors (Lipinski definition) is 2. The maximum Gasteiger partial charge on any atom is 0.275 e. The summed E-state index contributed by atoms with van der Waals surface area (Å²) >= 11 is 12.8. The maximum absolute atomic E-state index is 11.7.